The molecule has 1 saturated heterocycles. The average Bonchev–Trinajstić information content (AvgIpc) is 3.38. The molecular weight excluding hydrogens is 370 g/mol. The number of nitrogens with one attached hydrogen (secondary N) is 1. The van der Waals surface area contributed by atoms with Crippen LogP contribution < -0.4 is 4.72 Å². The normalized spacial score (nSPS) is 21.3. The zero-order chi connectivity index (χ0) is 18.0. The highest BCUT2D eigenvalue weighted by Gasteiger charge is 2.24. The highest BCUT2D eigenvalue weighted by Crippen LogP contribution is 2.38. The van der Waals surface area contributed by atoms with Crippen LogP contribution >= 0.6 is 11.8 Å². The monoisotopic (exact) mass is 393 g/mol. The minimum atomic E-state index is -3.67. The summed E-state index contributed by atoms with van der Waals surface area (Å²) < 4.78 is 35.4. The predicted octanol–water partition coefficient (Wildman–Crippen LogP) is 3.68. The molecule has 26 heavy (non-hydrogen) atoms. The van der Waals surface area contributed by atoms with Gasteiger partial charge in [0, 0.05) is 22.9 Å². The maximum atomic E-state index is 12.8. The van der Waals surface area contributed by atoms with Crippen LogP contribution in [0.1, 0.15) is 38.1 Å². The van der Waals surface area contributed by atoms with Crippen LogP contribution in [-0.4, -0.2) is 36.7 Å². The molecule has 0 spiro atoms. The van der Waals surface area contributed by atoms with Gasteiger partial charge in [-0.2, -0.15) is 5.10 Å². The Hall–Kier alpha value is -1.51. The van der Waals surface area contributed by atoms with Gasteiger partial charge in [0.2, 0.25) is 0 Å². The molecule has 0 amide bonds. The standard InChI is InChI=1S/C18H23N3O3S2/c22-26(23,16-11-19-21(12-16)14-9-10-24-13-14)20-17-7-3-4-8-18(17)25-15-5-1-2-6-15/h3-4,7-8,11-12,14-15,20H,1-2,5-6,9-10,13H2. The molecule has 1 N–H and O–H groups in total. The van der Waals surface area contributed by atoms with E-state index in [1.165, 1.54) is 31.9 Å². The molecule has 1 aromatic heterocycles. The second-order valence-corrected chi connectivity index (χ2v) is 9.82. The van der Waals surface area contributed by atoms with E-state index in [2.05, 4.69) is 9.82 Å². The molecule has 8 heteroatoms. The van der Waals surface area contributed by atoms with Gasteiger partial charge in [0.25, 0.3) is 10.0 Å². The van der Waals surface area contributed by atoms with Crippen LogP contribution in [0.25, 0.3) is 0 Å². The zero-order valence-electron chi connectivity index (χ0n) is 14.5. The van der Waals surface area contributed by atoms with Gasteiger partial charge in [0.05, 0.1) is 24.5 Å². The molecule has 4 rings (SSSR count). The van der Waals surface area contributed by atoms with E-state index in [1.807, 2.05) is 24.3 Å². The summed E-state index contributed by atoms with van der Waals surface area (Å²) in [5, 5.41) is 4.80. The smallest absolute Gasteiger partial charge is 0.265 e. The minimum Gasteiger partial charge on any atom is -0.379 e. The van der Waals surface area contributed by atoms with Gasteiger partial charge in [-0.25, -0.2) is 8.42 Å². The van der Waals surface area contributed by atoms with Gasteiger partial charge in [-0.15, -0.1) is 11.8 Å². The quantitative estimate of drug-likeness (QED) is 0.810. The average molecular weight is 394 g/mol. The second kappa shape index (κ2) is 7.62. The molecule has 1 aliphatic carbocycles. The number of aromatic nitrogens is 2. The van der Waals surface area contributed by atoms with Crippen molar-refractivity contribution in [2.45, 2.75) is 53.2 Å². The van der Waals surface area contributed by atoms with Crippen molar-refractivity contribution in [1.29, 1.82) is 0 Å². The summed E-state index contributed by atoms with van der Waals surface area (Å²) in [6.07, 6.45) is 8.77. The maximum absolute atomic E-state index is 12.8. The van der Waals surface area contributed by atoms with Gasteiger partial charge >= 0.3 is 0 Å². The van der Waals surface area contributed by atoms with Crippen molar-refractivity contribution in [3.63, 3.8) is 0 Å². The van der Waals surface area contributed by atoms with Crippen molar-refractivity contribution in [3.8, 4) is 0 Å². The fourth-order valence-electron chi connectivity index (χ4n) is 3.43. The summed E-state index contributed by atoms with van der Waals surface area (Å²) in [6, 6.07) is 7.73. The molecule has 0 bridgehead atoms. The van der Waals surface area contributed by atoms with Gasteiger partial charge in [-0.05, 0) is 31.4 Å². The Balaban J connectivity index is 1.52. The lowest BCUT2D eigenvalue weighted by atomic mass is 10.3. The van der Waals surface area contributed by atoms with Crippen molar-refractivity contribution in [2.75, 3.05) is 17.9 Å². The molecule has 1 aliphatic heterocycles. The molecule has 2 heterocycles. The van der Waals surface area contributed by atoms with Crippen molar-refractivity contribution < 1.29 is 13.2 Å². The van der Waals surface area contributed by atoms with E-state index in [0.717, 1.165) is 11.3 Å². The fourth-order valence-corrected chi connectivity index (χ4v) is 5.85. The Morgan fingerprint density at radius 1 is 1.19 bits per heavy atom. The lowest BCUT2D eigenvalue weighted by Crippen LogP contribution is -2.14. The Labute approximate surface area is 158 Å². The number of nitrogens with zero attached hydrogens (tertiary/aromatic N) is 2. The summed E-state index contributed by atoms with van der Waals surface area (Å²) in [5.41, 5.74) is 0.640. The number of hydrogen-bond acceptors (Lipinski definition) is 5. The number of ether oxygens (including phenoxy) is 1. The van der Waals surface area contributed by atoms with Crippen LogP contribution in [0.3, 0.4) is 0 Å². The van der Waals surface area contributed by atoms with Crippen molar-refractivity contribution in [3.05, 3.63) is 36.7 Å². The molecule has 140 valence electrons. The van der Waals surface area contributed by atoms with Crippen molar-refractivity contribution in [2.24, 2.45) is 0 Å². The Morgan fingerprint density at radius 2 is 2.00 bits per heavy atom. The van der Waals surface area contributed by atoms with Crippen LogP contribution in [0.4, 0.5) is 5.69 Å². The number of sulfonamides is 1. The summed E-state index contributed by atoms with van der Waals surface area (Å²) in [7, 11) is -3.67. The van der Waals surface area contributed by atoms with Crippen molar-refractivity contribution >= 4 is 27.5 Å². The lowest BCUT2D eigenvalue weighted by Gasteiger charge is -2.14. The number of thioether (sulfide) groups is 1. The highest BCUT2D eigenvalue weighted by molar-refractivity contribution is 8.00. The fraction of sp³-hybridized carbons (Fsp3) is 0.500. The van der Waals surface area contributed by atoms with E-state index in [1.54, 1.807) is 22.6 Å². The Bertz CT molecular complexity index is 854. The number of benzene rings is 1. The predicted molar refractivity (Wildman–Crippen MR) is 102 cm³/mol. The van der Waals surface area contributed by atoms with Gasteiger partial charge in [-0.3, -0.25) is 9.40 Å². The van der Waals surface area contributed by atoms with E-state index in [0.29, 0.717) is 24.2 Å². The van der Waals surface area contributed by atoms with Gasteiger partial charge in [0.15, 0.2) is 0 Å². The van der Waals surface area contributed by atoms with Crippen LogP contribution in [0.2, 0.25) is 0 Å². The molecule has 2 aliphatic rings. The highest BCUT2D eigenvalue weighted by atomic mass is 32.2. The molecule has 2 aromatic rings. The molecule has 1 unspecified atom stereocenters. The van der Waals surface area contributed by atoms with Crippen LogP contribution in [0.5, 0.6) is 0 Å². The number of rotatable bonds is 6. The molecule has 1 atom stereocenters. The third kappa shape index (κ3) is 3.92. The molecule has 6 nitrogen and oxygen atoms in total. The van der Waals surface area contributed by atoms with Crippen LogP contribution in [-0.2, 0) is 14.8 Å². The zero-order valence-corrected chi connectivity index (χ0v) is 16.1. The second-order valence-electron chi connectivity index (χ2n) is 6.80. The third-order valence-electron chi connectivity index (χ3n) is 4.90. The molecular formula is C18H23N3O3S2. The maximum Gasteiger partial charge on any atom is 0.265 e. The first-order chi connectivity index (χ1) is 12.6. The molecule has 1 saturated carbocycles. The van der Waals surface area contributed by atoms with E-state index in [9.17, 15) is 8.42 Å². The summed E-state index contributed by atoms with van der Waals surface area (Å²) in [6.45, 7) is 1.27. The Morgan fingerprint density at radius 3 is 2.77 bits per heavy atom. The molecule has 1 aromatic carbocycles. The SMILES string of the molecule is O=S(=O)(Nc1ccccc1SC1CCCC1)c1cnn(C2CCOC2)c1. The van der Waals surface area contributed by atoms with Gasteiger partial charge < -0.3 is 4.74 Å². The summed E-state index contributed by atoms with van der Waals surface area (Å²) in [4.78, 5) is 1.17. The van der Waals surface area contributed by atoms with Crippen molar-refractivity contribution in [1.82, 2.24) is 9.78 Å². The van der Waals surface area contributed by atoms with E-state index in [-0.39, 0.29) is 10.9 Å². The first kappa shape index (κ1) is 17.9. The summed E-state index contributed by atoms with van der Waals surface area (Å²) >= 11 is 1.78. The number of anilines is 1. The lowest BCUT2D eigenvalue weighted by molar-refractivity contribution is 0.184. The minimum absolute atomic E-state index is 0.115. The topological polar surface area (TPSA) is 73.2 Å². The first-order valence-electron chi connectivity index (χ1n) is 9.02. The van der Waals surface area contributed by atoms with Crippen LogP contribution in [0.15, 0.2) is 46.5 Å². The first-order valence-corrected chi connectivity index (χ1v) is 11.4. The van der Waals surface area contributed by atoms with E-state index in [4.69, 9.17) is 4.74 Å². The van der Waals surface area contributed by atoms with Crippen LogP contribution in [0, 0.1) is 0 Å². The van der Waals surface area contributed by atoms with Gasteiger partial charge in [-0.1, -0.05) is 25.0 Å². The van der Waals surface area contributed by atoms with E-state index >= 15 is 0 Å². The molecule has 2 fully saturated rings. The number of hydrogen-bond donors (Lipinski definition) is 1. The number of para-hydroxylation sites is 1. The van der Waals surface area contributed by atoms with E-state index < -0.39 is 10.0 Å². The summed E-state index contributed by atoms with van der Waals surface area (Å²) in [5.74, 6) is 0. The molecule has 0 radical (unpaired) electrons. The Kier molecular flexibility index (Phi) is 5.24. The van der Waals surface area contributed by atoms with Gasteiger partial charge in [0.1, 0.15) is 4.90 Å². The largest absolute Gasteiger partial charge is 0.379 e. The third-order valence-corrected chi connectivity index (χ3v) is 7.63.